The standard InChI is InChI=1S/C31H39N7O5S/c1-5-23-18-37(44(41,42)27-8-7-13-33-31(27)43-23)17-22-14-21(10-9-19(22)3)25(15-29(40)34-16-28(32)39)24-11-12-26-30(20(24)4)35-36-38(26)6-2/h7-14,23,25,41-42H,5-6,15-18H2,1-4H3,(H2,32,39)(H,34,40). The highest BCUT2D eigenvalue weighted by Crippen LogP contribution is 2.57. The number of aromatic nitrogens is 4. The number of carbonyl (C=O) groups excluding carboxylic acids is 2. The van der Waals surface area contributed by atoms with Crippen LogP contribution in [0.2, 0.25) is 0 Å². The lowest BCUT2D eigenvalue weighted by Crippen LogP contribution is -2.34. The second-order valence-electron chi connectivity index (χ2n) is 11.0. The van der Waals surface area contributed by atoms with E-state index in [9.17, 15) is 18.7 Å². The number of amides is 2. The highest BCUT2D eigenvalue weighted by atomic mass is 32.3. The van der Waals surface area contributed by atoms with Crippen LogP contribution in [-0.2, 0) is 22.7 Å². The quantitative estimate of drug-likeness (QED) is 0.202. The molecule has 234 valence electrons. The van der Waals surface area contributed by atoms with Crippen LogP contribution in [0.1, 0.15) is 60.4 Å². The smallest absolute Gasteiger partial charge is 0.239 e. The van der Waals surface area contributed by atoms with Gasteiger partial charge in [0, 0.05) is 31.6 Å². The molecule has 0 saturated carbocycles. The van der Waals surface area contributed by atoms with Gasteiger partial charge < -0.3 is 15.8 Å². The fourth-order valence-corrected chi connectivity index (χ4v) is 7.19. The lowest BCUT2D eigenvalue weighted by Gasteiger charge is -2.41. The fourth-order valence-electron chi connectivity index (χ4n) is 5.62. The average Bonchev–Trinajstić information content (AvgIpc) is 3.39. The largest absolute Gasteiger partial charge is 0.472 e. The first kappa shape index (κ1) is 31.4. The Kier molecular flexibility index (Phi) is 9.20. The van der Waals surface area contributed by atoms with Gasteiger partial charge in [-0.1, -0.05) is 36.4 Å². The number of ether oxygens (including phenoxy) is 1. The van der Waals surface area contributed by atoms with Crippen LogP contribution in [0, 0.1) is 13.8 Å². The number of primary amides is 1. The van der Waals surface area contributed by atoms with E-state index in [4.69, 9.17) is 10.5 Å². The number of hydrogen-bond donors (Lipinski definition) is 4. The third-order valence-electron chi connectivity index (χ3n) is 8.16. The van der Waals surface area contributed by atoms with Crippen molar-refractivity contribution in [2.24, 2.45) is 5.73 Å². The molecule has 2 aromatic heterocycles. The summed E-state index contributed by atoms with van der Waals surface area (Å²) in [6.07, 6.45) is 2.02. The molecule has 5 N–H and O–H groups in total. The molecule has 44 heavy (non-hydrogen) atoms. The van der Waals surface area contributed by atoms with Gasteiger partial charge in [-0.3, -0.25) is 18.7 Å². The first-order chi connectivity index (χ1) is 21.0. The van der Waals surface area contributed by atoms with E-state index >= 15 is 0 Å². The van der Waals surface area contributed by atoms with E-state index in [2.05, 4.69) is 20.6 Å². The molecule has 0 aliphatic carbocycles. The number of aryl methyl sites for hydroxylation is 3. The summed E-state index contributed by atoms with van der Waals surface area (Å²) in [4.78, 5) is 29.0. The second-order valence-corrected chi connectivity index (χ2v) is 13.0. The Morgan fingerprint density at radius 1 is 1.18 bits per heavy atom. The summed E-state index contributed by atoms with van der Waals surface area (Å²) in [5.41, 5.74) is 11.5. The maximum absolute atomic E-state index is 13.1. The maximum Gasteiger partial charge on any atom is 0.239 e. The van der Waals surface area contributed by atoms with Crippen LogP contribution in [0.4, 0.5) is 0 Å². The van der Waals surface area contributed by atoms with Crippen molar-refractivity contribution in [1.29, 1.82) is 0 Å². The zero-order chi connectivity index (χ0) is 31.6. The second kappa shape index (κ2) is 12.9. The summed E-state index contributed by atoms with van der Waals surface area (Å²) in [5.74, 6) is -1.09. The van der Waals surface area contributed by atoms with Gasteiger partial charge in [-0.25, -0.2) is 9.67 Å². The molecule has 2 atom stereocenters. The molecule has 13 heteroatoms. The van der Waals surface area contributed by atoms with Gasteiger partial charge in [0.15, 0.2) is 0 Å². The molecule has 4 aromatic rings. The topological polar surface area (TPSA) is 169 Å². The van der Waals surface area contributed by atoms with Gasteiger partial charge in [-0.05, 0) is 73.2 Å². The Hall–Kier alpha value is -4.04. The van der Waals surface area contributed by atoms with Crippen molar-refractivity contribution in [2.75, 3.05) is 13.1 Å². The highest BCUT2D eigenvalue weighted by Gasteiger charge is 2.36. The van der Waals surface area contributed by atoms with Crippen molar-refractivity contribution in [1.82, 2.24) is 29.6 Å². The number of pyridine rings is 1. The summed E-state index contributed by atoms with van der Waals surface area (Å²) in [7, 11) is -3.41. The zero-order valence-electron chi connectivity index (χ0n) is 25.4. The van der Waals surface area contributed by atoms with Crippen molar-refractivity contribution in [2.45, 2.75) is 70.5 Å². The van der Waals surface area contributed by atoms with E-state index in [1.807, 2.05) is 62.7 Å². The Labute approximate surface area is 258 Å². The molecule has 2 aromatic carbocycles. The van der Waals surface area contributed by atoms with Gasteiger partial charge in [-0.2, -0.15) is 4.31 Å². The average molecular weight is 622 g/mol. The third kappa shape index (κ3) is 6.27. The summed E-state index contributed by atoms with van der Waals surface area (Å²) < 4.78 is 32.6. The first-order valence-corrected chi connectivity index (χ1v) is 16.2. The minimum atomic E-state index is -3.41. The van der Waals surface area contributed by atoms with Gasteiger partial charge in [0.25, 0.3) is 0 Å². The van der Waals surface area contributed by atoms with E-state index in [0.717, 1.165) is 38.9 Å². The molecule has 1 aliphatic rings. The van der Waals surface area contributed by atoms with Crippen LogP contribution < -0.4 is 15.8 Å². The molecule has 2 unspecified atom stereocenters. The van der Waals surface area contributed by atoms with Crippen LogP contribution in [0.5, 0.6) is 5.88 Å². The van der Waals surface area contributed by atoms with Crippen molar-refractivity contribution in [3.63, 3.8) is 0 Å². The van der Waals surface area contributed by atoms with Crippen LogP contribution in [0.3, 0.4) is 0 Å². The van der Waals surface area contributed by atoms with Gasteiger partial charge >= 0.3 is 0 Å². The fraction of sp³-hybridized carbons (Fsp3) is 0.387. The molecule has 1 aliphatic heterocycles. The molecule has 0 radical (unpaired) electrons. The summed E-state index contributed by atoms with van der Waals surface area (Å²) in [6.45, 7) is 8.88. The molecule has 12 nitrogen and oxygen atoms in total. The highest BCUT2D eigenvalue weighted by molar-refractivity contribution is 8.22. The van der Waals surface area contributed by atoms with Crippen molar-refractivity contribution in [3.05, 3.63) is 76.5 Å². The predicted octanol–water partition coefficient (Wildman–Crippen LogP) is 4.28. The monoisotopic (exact) mass is 621 g/mol. The number of nitrogens with two attached hydrogens (primary N) is 1. The van der Waals surface area contributed by atoms with Gasteiger partial charge in [0.2, 0.25) is 17.7 Å². The Morgan fingerprint density at radius 3 is 2.70 bits per heavy atom. The van der Waals surface area contributed by atoms with Crippen LogP contribution >= 0.6 is 10.8 Å². The Morgan fingerprint density at radius 2 is 1.98 bits per heavy atom. The number of benzene rings is 2. The molecule has 0 saturated heterocycles. The molecule has 5 rings (SSSR count). The molecular formula is C31H39N7O5S. The molecule has 0 spiro atoms. The van der Waals surface area contributed by atoms with Crippen LogP contribution in [0.15, 0.2) is 53.6 Å². The van der Waals surface area contributed by atoms with E-state index < -0.39 is 16.7 Å². The normalized spacial score (nSPS) is 17.7. The number of fused-ring (bicyclic) bond motifs is 2. The first-order valence-electron chi connectivity index (χ1n) is 14.7. The number of nitrogens with zero attached hydrogens (tertiary/aromatic N) is 5. The predicted molar refractivity (Wildman–Crippen MR) is 168 cm³/mol. The summed E-state index contributed by atoms with van der Waals surface area (Å²) in [6, 6.07) is 13.2. The van der Waals surface area contributed by atoms with Crippen LogP contribution in [0.25, 0.3) is 11.0 Å². The SMILES string of the molecule is CCC1CN(Cc2cc(C(CC(=O)NCC(N)=O)c3ccc4c(nnn4CC)c3C)ccc2C)S(O)(O)c2cccnc2O1. The lowest BCUT2D eigenvalue weighted by molar-refractivity contribution is -0.124. The number of rotatable bonds is 10. The molecule has 0 fully saturated rings. The zero-order valence-corrected chi connectivity index (χ0v) is 26.2. The van der Waals surface area contributed by atoms with Gasteiger partial charge in [0.05, 0.1) is 18.6 Å². The third-order valence-corrected chi connectivity index (χ3v) is 10.1. The Balaban J connectivity index is 1.55. The van der Waals surface area contributed by atoms with Gasteiger partial charge in [-0.15, -0.1) is 15.9 Å². The molecule has 2 amide bonds. The molecule has 0 bridgehead atoms. The van der Waals surface area contributed by atoms with Crippen molar-refractivity contribution < 1.29 is 23.4 Å². The van der Waals surface area contributed by atoms with Crippen molar-refractivity contribution in [3.8, 4) is 5.88 Å². The molecular weight excluding hydrogens is 582 g/mol. The number of nitrogens with one attached hydrogen (secondary N) is 1. The molecule has 3 heterocycles. The Bertz CT molecular complexity index is 1690. The van der Waals surface area contributed by atoms with Crippen molar-refractivity contribution >= 4 is 33.6 Å². The summed E-state index contributed by atoms with van der Waals surface area (Å²) in [5, 5.41) is 11.3. The minimum Gasteiger partial charge on any atom is -0.472 e. The van der Waals surface area contributed by atoms with E-state index in [0.29, 0.717) is 19.5 Å². The lowest BCUT2D eigenvalue weighted by atomic mass is 9.84. The number of carbonyl (C=O) groups is 2. The van der Waals surface area contributed by atoms with Gasteiger partial charge in [0.1, 0.15) is 16.5 Å². The van der Waals surface area contributed by atoms with E-state index in [1.165, 1.54) is 0 Å². The van der Waals surface area contributed by atoms with E-state index in [1.54, 1.807) is 22.6 Å². The minimum absolute atomic E-state index is 0.0632. The maximum atomic E-state index is 13.1. The summed E-state index contributed by atoms with van der Waals surface area (Å²) >= 11 is 0. The van der Waals surface area contributed by atoms with E-state index in [-0.39, 0.29) is 48.2 Å². The number of hydrogen-bond acceptors (Lipinski definition) is 9. The van der Waals surface area contributed by atoms with Crippen LogP contribution in [-0.4, -0.2) is 64.4 Å².